The molecule has 0 fully saturated rings. The van der Waals surface area contributed by atoms with E-state index in [9.17, 15) is 0 Å². The van der Waals surface area contributed by atoms with Crippen molar-refractivity contribution in [2.75, 3.05) is 40.8 Å². The van der Waals surface area contributed by atoms with Crippen LogP contribution in [-0.4, -0.2) is 56.6 Å². The van der Waals surface area contributed by atoms with E-state index in [4.69, 9.17) is 5.73 Å². The molecule has 0 saturated carbocycles. The summed E-state index contributed by atoms with van der Waals surface area (Å²) in [5, 5.41) is 0. The summed E-state index contributed by atoms with van der Waals surface area (Å²) < 4.78 is 0. The van der Waals surface area contributed by atoms with Gasteiger partial charge in [0, 0.05) is 25.7 Å². The van der Waals surface area contributed by atoms with Gasteiger partial charge in [-0.1, -0.05) is 19.8 Å². The van der Waals surface area contributed by atoms with Gasteiger partial charge in [-0.25, -0.2) is 0 Å². The highest BCUT2D eigenvalue weighted by molar-refractivity contribution is 4.70. The highest BCUT2D eigenvalue weighted by atomic mass is 15.2. The SMILES string of the molecule is CCCCC(CN)N(C)CCN(C)C. The van der Waals surface area contributed by atoms with Crippen molar-refractivity contribution < 1.29 is 0 Å². The van der Waals surface area contributed by atoms with Gasteiger partial charge in [0.2, 0.25) is 0 Å². The molecule has 0 aliphatic carbocycles. The molecule has 2 N–H and O–H groups in total. The van der Waals surface area contributed by atoms with Gasteiger partial charge in [-0.3, -0.25) is 0 Å². The van der Waals surface area contributed by atoms with Crippen molar-refractivity contribution in [2.24, 2.45) is 5.73 Å². The Bertz CT molecular complexity index is 126. The average Bonchev–Trinajstić information content (AvgIpc) is 2.16. The van der Waals surface area contributed by atoms with Crippen molar-refractivity contribution in [3.63, 3.8) is 0 Å². The quantitative estimate of drug-likeness (QED) is 0.636. The second kappa shape index (κ2) is 8.21. The molecule has 0 bridgehead atoms. The minimum Gasteiger partial charge on any atom is -0.329 e. The molecule has 0 aromatic rings. The fourth-order valence-electron chi connectivity index (χ4n) is 1.50. The summed E-state index contributed by atoms with van der Waals surface area (Å²) in [4.78, 5) is 4.60. The molecule has 1 unspecified atom stereocenters. The molecule has 3 heteroatoms. The largest absolute Gasteiger partial charge is 0.329 e. The molecule has 0 spiro atoms. The van der Waals surface area contributed by atoms with Crippen molar-refractivity contribution in [3.8, 4) is 0 Å². The molecule has 0 aliphatic heterocycles. The van der Waals surface area contributed by atoms with Gasteiger partial charge in [0.15, 0.2) is 0 Å². The third-order valence-corrected chi connectivity index (χ3v) is 2.69. The molecule has 0 rings (SSSR count). The van der Waals surface area contributed by atoms with E-state index in [1.165, 1.54) is 19.3 Å². The first-order valence-electron chi connectivity index (χ1n) is 5.66. The smallest absolute Gasteiger partial charge is 0.0215 e. The third kappa shape index (κ3) is 6.35. The first kappa shape index (κ1) is 13.9. The van der Waals surface area contributed by atoms with E-state index in [1.807, 2.05) is 0 Å². The molecular formula is C11H27N3. The maximum absolute atomic E-state index is 5.77. The molecule has 3 nitrogen and oxygen atoms in total. The minimum atomic E-state index is 0.565. The van der Waals surface area contributed by atoms with Crippen molar-refractivity contribution in [1.82, 2.24) is 9.80 Å². The van der Waals surface area contributed by atoms with Crippen LogP contribution in [0.15, 0.2) is 0 Å². The van der Waals surface area contributed by atoms with Crippen molar-refractivity contribution in [2.45, 2.75) is 32.2 Å². The van der Waals surface area contributed by atoms with Crippen molar-refractivity contribution in [1.29, 1.82) is 0 Å². The van der Waals surface area contributed by atoms with Gasteiger partial charge in [-0.15, -0.1) is 0 Å². The summed E-state index contributed by atoms with van der Waals surface area (Å²) in [6.45, 7) is 5.23. The third-order valence-electron chi connectivity index (χ3n) is 2.69. The predicted octanol–water partition coefficient (Wildman–Crippen LogP) is 0.997. The van der Waals surface area contributed by atoms with E-state index in [2.05, 4.69) is 37.9 Å². The summed E-state index contributed by atoms with van der Waals surface area (Å²) in [7, 11) is 6.39. The van der Waals surface area contributed by atoms with Gasteiger partial charge in [-0.2, -0.15) is 0 Å². The van der Waals surface area contributed by atoms with E-state index in [1.54, 1.807) is 0 Å². The zero-order valence-corrected chi connectivity index (χ0v) is 10.3. The Balaban J connectivity index is 3.72. The normalized spacial score (nSPS) is 13.9. The summed E-state index contributed by atoms with van der Waals surface area (Å²) in [6, 6.07) is 0.565. The Morgan fingerprint density at radius 2 is 1.79 bits per heavy atom. The Labute approximate surface area is 89.2 Å². The summed E-state index contributed by atoms with van der Waals surface area (Å²) in [5.41, 5.74) is 5.77. The molecule has 0 aliphatic rings. The predicted molar refractivity (Wildman–Crippen MR) is 63.6 cm³/mol. The van der Waals surface area contributed by atoms with Crippen LogP contribution in [-0.2, 0) is 0 Å². The molecule has 0 radical (unpaired) electrons. The van der Waals surface area contributed by atoms with Gasteiger partial charge in [0.1, 0.15) is 0 Å². The molecular weight excluding hydrogens is 174 g/mol. The molecule has 1 atom stereocenters. The Morgan fingerprint density at radius 1 is 1.14 bits per heavy atom. The summed E-state index contributed by atoms with van der Waals surface area (Å²) in [5.74, 6) is 0. The molecule has 0 heterocycles. The van der Waals surface area contributed by atoms with Gasteiger partial charge in [0.25, 0.3) is 0 Å². The van der Waals surface area contributed by atoms with E-state index in [0.29, 0.717) is 6.04 Å². The fourth-order valence-corrected chi connectivity index (χ4v) is 1.50. The van der Waals surface area contributed by atoms with Crippen LogP contribution in [0.2, 0.25) is 0 Å². The monoisotopic (exact) mass is 201 g/mol. The second-order valence-electron chi connectivity index (χ2n) is 4.32. The van der Waals surface area contributed by atoms with Crippen LogP contribution < -0.4 is 5.73 Å². The van der Waals surface area contributed by atoms with Crippen LogP contribution >= 0.6 is 0 Å². The van der Waals surface area contributed by atoms with Gasteiger partial charge < -0.3 is 15.5 Å². The lowest BCUT2D eigenvalue weighted by molar-refractivity contribution is 0.209. The lowest BCUT2D eigenvalue weighted by Crippen LogP contribution is -2.41. The van der Waals surface area contributed by atoms with Gasteiger partial charge in [-0.05, 0) is 27.6 Å². The van der Waals surface area contributed by atoms with Crippen LogP contribution in [0.25, 0.3) is 0 Å². The lowest BCUT2D eigenvalue weighted by Gasteiger charge is -2.28. The van der Waals surface area contributed by atoms with Crippen LogP contribution in [0, 0.1) is 0 Å². The summed E-state index contributed by atoms with van der Waals surface area (Å²) >= 11 is 0. The highest BCUT2D eigenvalue weighted by Gasteiger charge is 2.11. The molecule has 0 aromatic heterocycles. The second-order valence-corrected chi connectivity index (χ2v) is 4.32. The number of nitrogens with two attached hydrogens (primary N) is 1. The maximum atomic E-state index is 5.77. The van der Waals surface area contributed by atoms with E-state index in [0.717, 1.165) is 19.6 Å². The molecule has 0 amide bonds. The molecule has 86 valence electrons. The van der Waals surface area contributed by atoms with Crippen molar-refractivity contribution >= 4 is 0 Å². The number of hydrogen-bond acceptors (Lipinski definition) is 3. The number of rotatable bonds is 8. The van der Waals surface area contributed by atoms with Crippen molar-refractivity contribution in [3.05, 3.63) is 0 Å². The standard InChI is InChI=1S/C11H27N3/c1-5-6-7-11(10-12)14(4)9-8-13(2)3/h11H,5-10,12H2,1-4H3. The van der Waals surface area contributed by atoms with Crippen LogP contribution in [0.5, 0.6) is 0 Å². The maximum Gasteiger partial charge on any atom is 0.0215 e. The number of unbranched alkanes of at least 4 members (excludes halogenated alkanes) is 1. The Morgan fingerprint density at radius 3 is 2.21 bits per heavy atom. The van der Waals surface area contributed by atoms with Gasteiger partial charge >= 0.3 is 0 Å². The molecule has 14 heavy (non-hydrogen) atoms. The van der Waals surface area contributed by atoms with Crippen LogP contribution in [0.1, 0.15) is 26.2 Å². The van der Waals surface area contributed by atoms with E-state index >= 15 is 0 Å². The molecule has 0 saturated heterocycles. The Hall–Kier alpha value is -0.120. The van der Waals surface area contributed by atoms with E-state index in [-0.39, 0.29) is 0 Å². The van der Waals surface area contributed by atoms with Crippen LogP contribution in [0.3, 0.4) is 0 Å². The van der Waals surface area contributed by atoms with E-state index < -0.39 is 0 Å². The zero-order chi connectivity index (χ0) is 11.0. The highest BCUT2D eigenvalue weighted by Crippen LogP contribution is 2.05. The lowest BCUT2D eigenvalue weighted by atomic mass is 10.1. The number of likely N-dealkylation sites (N-methyl/N-ethyl adjacent to an activating group) is 2. The first-order valence-corrected chi connectivity index (χ1v) is 5.66. The number of nitrogens with zero attached hydrogens (tertiary/aromatic N) is 2. The molecule has 0 aromatic carbocycles. The zero-order valence-electron chi connectivity index (χ0n) is 10.3. The topological polar surface area (TPSA) is 32.5 Å². The average molecular weight is 201 g/mol. The minimum absolute atomic E-state index is 0.565. The first-order chi connectivity index (χ1) is 6.61. The number of hydrogen-bond donors (Lipinski definition) is 1. The fraction of sp³-hybridized carbons (Fsp3) is 1.00. The van der Waals surface area contributed by atoms with Crippen LogP contribution in [0.4, 0.5) is 0 Å². The van der Waals surface area contributed by atoms with Gasteiger partial charge in [0.05, 0.1) is 0 Å². The Kier molecular flexibility index (Phi) is 8.14. The summed E-state index contributed by atoms with van der Waals surface area (Å²) in [6.07, 6.45) is 3.78.